The van der Waals surface area contributed by atoms with E-state index in [2.05, 4.69) is 242 Å². The molecule has 2 aliphatic rings. The lowest BCUT2D eigenvalue weighted by Gasteiger charge is -2.36. The van der Waals surface area contributed by atoms with Crippen molar-refractivity contribution >= 4 is 17.1 Å². The zero-order valence-corrected chi connectivity index (χ0v) is 32.4. The Morgan fingerprint density at radius 3 is 0.966 bits per heavy atom. The molecule has 0 N–H and O–H groups in total. The van der Waals surface area contributed by atoms with Crippen LogP contribution in [-0.2, 0) is 10.8 Å². The van der Waals surface area contributed by atoms with Gasteiger partial charge >= 0.3 is 0 Å². The van der Waals surface area contributed by atoms with E-state index in [0.717, 1.165) is 17.1 Å². The number of rotatable bonds is 7. The van der Waals surface area contributed by atoms with Gasteiger partial charge in [-0.15, -0.1) is 0 Å². The third-order valence-corrected chi connectivity index (χ3v) is 12.7. The molecule has 0 saturated carbocycles. The van der Waals surface area contributed by atoms with Crippen molar-refractivity contribution in [1.29, 1.82) is 0 Å². The number of fused-ring (bicyclic) bond motifs is 6. The molecule has 0 atom stereocenters. The summed E-state index contributed by atoms with van der Waals surface area (Å²) in [7, 11) is 0. The van der Waals surface area contributed by atoms with E-state index in [-0.39, 0.29) is 0 Å². The van der Waals surface area contributed by atoms with Crippen LogP contribution in [-0.4, -0.2) is 0 Å². The average Bonchev–Trinajstić information content (AvgIpc) is 3.76. The lowest BCUT2D eigenvalue weighted by atomic mass is 9.67. The van der Waals surface area contributed by atoms with Gasteiger partial charge in [-0.05, 0) is 110 Å². The highest BCUT2D eigenvalue weighted by molar-refractivity contribution is 5.92. The number of benzene rings is 9. The van der Waals surface area contributed by atoms with Crippen molar-refractivity contribution in [2.75, 3.05) is 4.90 Å². The molecule has 1 heteroatoms. The van der Waals surface area contributed by atoms with Gasteiger partial charge in [0.1, 0.15) is 0 Å². The Balaban J connectivity index is 1.19. The molecule has 2 aliphatic carbocycles. The molecule has 0 radical (unpaired) electrons. The third-order valence-electron chi connectivity index (χ3n) is 12.7. The van der Waals surface area contributed by atoms with Gasteiger partial charge in [-0.25, -0.2) is 0 Å². The van der Waals surface area contributed by atoms with E-state index in [1.165, 1.54) is 72.3 Å². The van der Waals surface area contributed by atoms with E-state index in [1.807, 2.05) is 0 Å². The SMILES string of the molecule is Cc1ccc(N(c2ccc3c(c2)C(c2ccccc2)(c2ccccc2)c2ccccc2-3)c2ccc3c(c2)C(c2ccccc2)(c2ccccc2)c2ccccc2-3)cc1. The maximum Gasteiger partial charge on any atom is 0.0714 e. The summed E-state index contributed by atoms with van der Waals surface area (Å²) in [5.74, 6) is 0. The Hall–Kier alpha value is -7.22. The topological polar surface area (TPSA) is 3.24 Å². The van der Waals surface area contributed by atoms with Crippen molar-refractivity contribution in [2.45, 2.75) is 17.8 Å². The molecule has 1 nitrogen and oxygen atoms in total. The fraction of sp³-hybridized carbons (Fsp3) is 0.0526. The highest BCUT2D eigenvalue weighted by Crippen LogP contribution is 2.59. The summed E-state index contributed by atoms with van der Waals surface area (Å²) in [5, 5.41) is 0. The Labute approximate surface area is 341 Å². The fourth-order valence-electron chi connectivity index (χ4n) is 10.3. The van der Waals surface area contributed by atoms with E-state index < -0.39 is 10.8 Å². The van der Waals surface area contributed by atoms with Crippen LogP contribution in [0.3, 0.4) is 0 Å². The Morgan fingerprint density at radius 1 is 0.276 bits per heavy atom. The number of nitrogens with zero attached hydrogens (tertiary/aromatic N) is 1. The van der Waals surface area contributed by atoms with Crippen molar-refractivity contribution in [3.8, 4) is 22.3 Å². The minimum Gasteiger partial charge on any atom is -0.310 e. The number of aryl methyl sites for hydroxylation is 1. The van der Waals surface area contributed by atoms with Crippen molar-refractivity contribution in [3.63, 3.8) is 0 Å². The molecule has 0 bridgehead atoms. The van der Waals surface area contributed by atoms with Crippen molar-refractivity contribution in [1.82, 2.24) is 0 Å². The first-order valence-electron chi connectivity index (χ1n) is 20.3. The summed E-state index contributed by atoms with van der Waals surface area (Å²) in [6, 6.07) is 85.6. The molecule has 0 fully saturated rings. The van der Waals surface area contributed by atoms with Gasteiger partial charge in [0.15, 0.2) is 0 Å². The molecule has 0 spiro atoms. The standard InChI is InChI=1S/C57H41N/c1-40-30-32-45(33-31-40)58(46-34-36-50-48-26-14-16-28-52(48)56(54(50)38-46,41-18-6-2-7-19-41)42-20-8-3-9-21-42)47-35-37-51-49-27-15-17-29-53(49)57(55(51)39-47,43-22-10-4-11-23-43)44-24-12-5-13-25-44/h2-39H,1H3. The van der Waals surface area contributed by atoms with Crippen LogP contribution in [0.2, 0.25) is 0 Å². The Kier molecular flexibility index (Phi) is 7.91. The average molecular weight is 740 g/mol. The van der Waals surface area contributed by atoms with Crippen LogP contribution in [0.15, 0.2) is 231 Å². The summed E-state index contributed by atoms with van der Waals surface area (Å²) in [4.78, 5) is 2.47. The number of hydrogen-bond acceptors (Lipinski definition) is 1. The van der Waals surface area contributed by atoms with Gasteiger partial charge in [0, 0.05) is 17.1 Å². The molecule has 58 heavy (non-hydrogen) atoms. The molecule has 0 amide bonds. The zero-order valence-electron chi connectivity index (χ0n) is 32.4. The third kappa shape index (κ3) is 4.90. The van der Waals surface area contributed by atoms with E-state index in [9.17, 15) is 0 Å². The molecule has 0 saturated heterocycles. The molecule has 0 aliphatic heterocycles. The Bertz CT molecular complexity index is 2670. The predicted molar refractivity (Wildman–Crippen MR) is 240 cm³/mol. The van der Waals surface area contributed by atoms with E-state index in [0.29, 0.717) is 0 Å². The molecular formula is C57H41N. The summed E-state index contributed by atoms with van der Waals surface area (Å²) in [6.45, 7) is 2.16. The smallest absolute Gasteiger partial charge is 0.0714 e. The molecule has 0 aromatic heterocycles. The first-order valence-corrected chi connectivity index (χ1v) is 20.3. The van der Waals surface area contributed by atoms with Gasteiger partial charge in [-0.3, -0.25) is 0 Å². The molecule has 11 rings (SSSR count). The van der Waals surface area contributed by atoms with Crippen molar-refractivity contribution < 1.29 is 0 Å². The second kappa shape index (κ2) is 13.5. The van der Waals surface area contributed by atoms with E-state index in [1.54, 1.807) is 0 Å². The highest BCUT2D eigenvalue weighted by Gasteiger charge is 2.48. The van der Waals surface area contributed by atoms with Gasteiger partial charge in [0.2, 0.25) is 0 Å². The summed E-state index contributed by atoms with van der Waals surface area (Å²) in [5.41, 5.74) is 18.9. The van der Waals surface area contributed by atoms with Crippen LogP contribution in [0.4, 0.5) is 17.1 Å². The van der Waals surface area contributed by atoms with Crippen LogP contribution in [0.5, 0.6) is 0 Å². The lowest BCUT2D eigenvalue weighted by molar-refractivity contribution is 0.767. The van der Waals surface area contributed by atoms with Gasteiger partial charge in [0.25, 0.3) is 0 Å². The lowest BCUT2D eigenvalue weighted by Crippen LogP contribution is -2.29. The molecule has 0 heterocycles. The van der Waals surface area contributed by atoms with Crippen molar-refractivity contribution in [3.05, 3.63) is 281 Å². The van der Waals surface area contributed by atoms with Crippen LogP contribution >= 0.6 is 0 Å². The van der Waals surface area contributed by atoms with E-state index in [4.69, 9.17) is 0 Å². The van der Waals surface area contributed by atoms with Gasteiger partial charge < -0.3 is 4.90 Å². The minimum absolute atomic E-state index is 0.501. The largest absolute Gasteiger partial charge is 0.310 e. The molecule has 0 unspecified atom stereocenters. The van der Waals surface area contributed by atoms with Crippen LogP contribution in [0.25, 0.3) is 22.3 Å². The van der Waals surface area contributed by atoms with Crippen molar-refractivity contribution in [2.24, 2.45) is 0 Å². The van der Waals surface area contributed by atoms with Crippen LogP contribution in [0, 0.1) is 6.92 Å². The van der Waals surface area contributed by atoms with Gasteiger partial charge in [-0.2, -0.15) is 0 Å². The molecule has 9 aromatic carbocycles. The minimum atomic E-state index is -0.501. The maximum absolute atomic E-state index is 2.47. The summed E-state index contributed by atoms with van der Waals surface area (Å²) in [6.07, 6.45) is 0. The zero-order chi connectivity index (χ0) is 38.7. The van der Waals surface area contributed by atoms with Crippen LogP contribution < -0.4 is 4.90 Å². The van der Waals surface area contributed by atoms with Gasteiger partial charge in [-0.1, -0.05) is 200 Å². The quantitative estimate of drug-likeness (QED) is 0.157. The van der Waals surface area contributed by atoms with Gasteiger partial charge in [0.05, 0.1) is 10.8 Å². The molecule has 9 aromatic rings. The first-order chi connectivity index (χ1) is 28.7. The first kappa shape index (κ1) is 34.1. The highest BCUT2D eigenvalue weighted by atomic mass is 15.1. The maximum atomic E-state index is 2.47. The van der Waals surface area contributed by atoms with E-state index >= 15 is 0 Å². The second-order valence-corrected chi connectivity index (χ2v) is 15.7. The number of hydrogen-bond donors (Lipinski definition) is 0. The summed E-state index contributed by atoms with van der Waals surface area (Å²) < 4.78 is 0. The normalized spacial score (nSPS) is 13.9. The number of anilines is 3. The Morgan fingerprint density at radius 2 is 0.586 bits per heavy atom. The monoisotopic (exact) mass is 739 g/mol. The summed E-state index contributed by atoms with van der Waals surface area (Å²) >= 11 is 0. The molecule has 274 valence electrons. The molecular weight excluding hydrogens is 699 g/mol. The fourth-order valence-corrected chi connectivity index (χ4v) is 10.3. The second-order valence-electron chi connectivity index (χ2n) is 15.7. The van der Waals surface area contributed by atoms with Crippen LogP contribution in [0.1, 0.15) is 50.1 Å². The predicted octanol–water partition coefficient (Wildman–Crippen LogP) is 14.2.